The Balaban J connectivity index is 1.87. The van der Waals surface area contributed by atoms with E-state index in [0.717, 1.165) is 21.1 Å². The Bertz CT molecular complexity index is 604. The van der Waals surface area contributed by atoms with E-state index in [4.69, 9.17) is 4.74 Å². The molecule has 20 heavy (non-hydrogen) atoms. The zero-order chi connectivity index (χ0) is 13.9. The number of hydrogen-bond acceptors (Lipinski definition) is 4. The van der Waals surface area contributed by atoms with E-state index in [1.165, 1.54) is 11.3 Å². The van der Waals surface area contributed by atoms with E-state index in [1.54, 1.807) is 0 Å². The first-order valence-corrected chi connectivity index (χ1v) is 7.47. The van der Waals surface area contributed by atoms with Crippen molar-refractivity contribution in [2.24, 2.45) is 0 Å². The van der Waals surface area contributed by atoms with Crippen molar-refractivity contribution in [3.8, 4) is 10.6 Å². The third kappa shape index (κ3) is 2.59. The number of morpholine rings is 1. The molecule has 3 rings (SSSR count). The van der Waals surface area contributed by atoms with Gasteiger partial charge in [-0.05, 0) is 6.92 Å². The number of aryl methyl sites for hydroxylation is 1. The molecule has 0 saturated carbocycles. The Morgan fingerprint density at radius 1 is 1.25 bits per heavy atom. The van der Waals surface area contributed by atoms with Gasteiger partial charge in [-0.15, -0.1) is 11.3 Å². The van der Waals surface area contributed by atoms with Crippen LogP contribution in [0.5, 0.6) is 0 Å². The molecule has 0 N–H and O–H groups in total. The van der Waals surface area contributed by atoms with Crippen LogP contribution in [-0.4, -0.2) is 42.1 Å². The first-order valence-electron chi connectivity index (χ1n) is 6.65. The first kappa shape index (κ1) is 13.3. The maximum Gasteiger partial charge on any atom is 0.266 e. The summed E-state index contributed by atoms with van der Waals surface area (Å²) in [4.78, 5) is 19.6. The summed E-state index contributed by atoms with van der Waals surface area (Å²) in [6.07, 6.45) is 0. The summed E-state index contributed by atoms with van der Waals surface area (Å²) in [7, 11) is 0. The van der Waals surface area contributed by atoms with Crippen molar-refractivity contribution in [1.82, 2.24) is 9.88 Å². The van der Waals surface area contributed by atoms with E-state index < -0.39 is 0 Å². The van der Waals surface area contributed by atoms with Crippen LogP contribution in [-0.2, 0) is 4.74 Å². The number of benzene rings is 1. The molecular weight excluding hydrogens is 272 g/mol. The molecule has 1 saturated heterocycles. The Labute approximate surface area is 122 Å². The highest BCUT2D eigenvalue weighted by molar-refractivity contribution is 7.17. The van der Waals surface area contributed by atoms with Crippen molar-refractivity contribution in [2.45, 2.75) is 6.92 Å². The van der Waals surface area contributed by atoms with Crippen molar-refractivity contribution >= 4 is 17.2 Å². The van der Waals surface area contributed by atoms with Crippen LogP contribution in [0.3, 0.4) is 0 Å². The molecule has 1 aromatic heterocycles. The first-order chi connectivity index (χ1) is 9.75. The average molecular weight is 288 g/mol. The van der Waals surface area contributed by atoms with Gasteiger partial charge in [0.25, 0.3) is 5.91 Å². The third-order valence-corrected chi connectivity index (χ3v) is 4.50. The van der Waals surface area contributed by atoms with Crippen molar-refractivity contribution < 1.29 is 9.53 Å². The molecule has 1 amide bonds. The van der Waals surface area contributed by atoms with Gasteiger partial charge in [-0.25, -0.2) is 4.98 Å². The Morgan fingerprint density at radius 2 is 1.95 bits per heavy atom. The van der Waals surface area contributed by atoms with E-state index >= 15 is 0 Å². The van der Waals surface area contributed by atoms with Crippen LogP contribution in [0.4, 0.5) is 0 Å². The smallest absolute Gasteiger partial charge is 0.266 e. The van der Waals surface area contributed by atoms with Gasteiger partial charge in [0, 0.05) is 18.7 Å². The van der Waals surface area contributed by atoms with Crippen LogP contribution in [0.2, 0.25) is 0 Å². The van der Waals surface area contributed by atoms with Crippen molar-refractivity contribution in [3.63, 3.8) is 0 Å². The maximum absolute atomic E-state index is 12.5. The summed E-state index contributed by atoms with van der Waals surface area (Å²) in [6.45, 7) is 4.47. The number of thiazole rings is 1. The Hall–Kier alpha value is -1.72. The summed E-state index contributed by atoms with van der Waals surface area (Å²) >= 11 is 1.47. The highest BCUT2D eigenvalue weighted by Crippen LogP contribution is 2.28. The van der Waals surface area contributed by atoms with Crippen LogP contribution >= 0.6 is 11.3 Å². The van der Waals surface area contributed by atoms with E-state index in [-0.39, 0.29) is 5.91 Å². The summed E-state index contributed by atoms with van der Waals surface area (Å²) < 4.78 is 5.28. The topological polar surface area (TPSA) is 42.4 Å². The molecule has 0 unspecified atom stereocenters. The number of nitrogens with zero attached hydrogens (tertiary/aromatic N) is 2. The summed E-state index contributed by atoms with van der Waals surface area (Å²) in [5, 5.41) is 0.903. The summed E-state index contributed by atoms with van der Waals surface area (Å²) in [6, 6.07) is 9.97. The van der Waals surface area contributed by atoms with Crippen LogP contribution in [0.1, 0.15) is 15.4 Å². The van der Waals surface area contributed by atoms with Gasteiger partial charge in [-0.2, -0.15) is 0 Å². The van der Waals surface area contributed by atoms with Crippen molar-refractivity contribution in [3.05, 3.63) is 40.9 Å². The third-order valence-electron chi connectivity index (χ3n) is 3.31. The van der Waals surface area contributed by atoms with Crippen LogP contribution in [0, 0.1) is 6.92 Å². The summed E-state index contributed by atoms with van der Waals surface area (Å²) in [5.74, 6) is 0.0745. The van der Waals surface area contributed by atoms with E-state index in [9.17, 15) is 4.79 Å². The van der Waals surface area contributed by atoms with E-state index in [2.05, 4.69) is 4.98 Å². The highest BCUT2D eigenvalue weighted by atomic mass is 32.1. The van der Waals surface area contributed by atoms with Gasteiger partial charge in [-0.1, -0.05) is 30.3 Å². The molecule has 104 valence electrons. The zero-order valence-corrected chi connectivity index (χ0v) is 12.2. The number of ether oxygens (including phenoxy) is 1. The predicted octanol–water partition coefficient (Wildman–Crippen LogP) is 2.59. The van der Waals surface area contributed by atoms with Gasteiger partial charge >= 0.3 is 0 Å². The molecule has 1 aliphatic heterocycles. The minimum atomic E-state index is 0.0745. The van der Waals surface area contributed by atoms with E-state index in [0.29, 0.717) is 26.3 Å². The molecule has 2 aromatic rings. The number of hydrogen-bond donors (Lipinski definition) is 0. The quantitative estimate of drug-likeness (QED) is 0.853. The van der Waals surface area contributed by atoms with Crippen molar-refractivity contribution in [1.29, 1.82) is 0 Å². The molecule has 2 heterocycles. The minimum Gasteiger partial charge on any atom is -0.378 e. The van der Waals surface area contributed by atoms with Crippen LogP contribution < -0.4 is 0 Å². The lowest BCUT2D eigenvalue weighted by Gasteiger charge is -2.26. The standard InChI is InChI=1S/C15H16N2O2S/c1-11-13(15(18)17-7-9-19-10-8-17)20-14(16-11)12-5-3-2-4-6-12/h2-6H,7-10H2,1H3. The van der Waals surface area contributed by atoms with Crippen LogP contribution in [0.25, 0.3) is 10.6 Å². The van der Waals surface area contributed by atoms with Gasteiger partial charge in [0.1, 0.15) is 9.88 Å². The molecule has 1 fully saturated rings. The van der Waals surface area contributed by atoms with Gasteiger partial charge in [0.05, 0.1) is 18.9 Å². The molecule has 4 nitrogen and oxygen atoms in total. The van der Waals surface area contributed by atoms with E-state index in [1.807, 2.05) is 42.2 Å². The number of carbonyl (C=O) groups is 1. The molecule has 0 bridgehead atoms. The Kier molecular flexibility index (Phi) is 3.80. The Morgan fingerprint density at radius 3 is 2.65 bits per heavy atom. The zero-order valence-electron chi connectivity index (χ0n) is 11.3. The average Bonchev–Trinajstić information content (AvgIpc) is 2.90. The highest BCUT2D eigenvalue weighted by Gasteiger charge is 2.23. The molecule has 1 aromatic carbocycles. The number of amides is 1. The lowest BCUT2D eigenvalue weighted by molar-refractivity contribution is 0.0305. The van der Waals surface area contributed by atoms with Gasteiger partial charge in [-0.3, -0.25) is 4.79 Å². The second-order valence-corrected chi connectivity index (χ2v) is 5.70. The van der Waals surface area contributed by atoms with Crippen LogP contribution in [0.15, 0.2) is 30.3 Å². The SMILES string of the molecule is Cc1nc(-c2ccccc2)sc1C(=O)N1CCOCC1. The normalized spacial score (nSPS) is 15.3. The molecule has 0 spiro atoms. The lowest BCUT2D eigenvalue weighted by atomic mass is 10.2. The fourth-order valence-corrected chi connectivity index (χ4v) is 3.25. The van der Waals surface area contributed by atoms with Crippen molar-refractivity contribution in [2.75, 3.05) is 26.3 Å². The minimum absolute atomic E-state index is 0.0745. The molecular formula is C15H16N2O2S. The molecule has 0 atom stereocenters. The lowest BCUT2D eigenvalue weighted by Crippen LogP contribution is -2.40. The molecule has 0 radical (unpaired) electrons. The summed E-state index contributed by atoms with van der Waals surface area (Å²) in [5.41, 5.74) is 1.87. The largest absolute Gasteiger partial charge is 0.378 e. The number of carbonyl (C=O) groups excluding carboxylic acids is 1. The molecule has 5 heteroatoms. The fourth-order valence-electron chi connectivity index (χ4n) is 2.21. The second kappa shape index (κ2) is 5.73. The number of aromatic nitrogens is 1. The van der Waals surface area contributed by atoms with Gasteiger partial charge in [0.15, 0.2) is 0 Å². The number of rotatable bonds is 2. The van der Waals surface area contributed by atoms with Gasteiger partial charge in [0.2, 0.25) is 0 Å². The fraction of sp³-hybridized carbons (Fsp3) is 0.333. The monoisotopic (exact) mass is 288 g/mol. The second-order valence-electron chi connectivity index (χ2n) is 4.70. The molecule has 0 aliphatic carbocycles. The van der Waals surface area contributed by atoms with Gasteiger partial charge < -0.3 is 9.64 Å². The predicted molar refractivity (Wildman–Crippen MR) is 79.0 cm³/mol. The maximum atomic E-state index is 12.5. The molecule has 1 aliphatic rings.